The molecule has 3 aromatic rings. The lowest BCUT2D eigenvalue weighted by atomic mass is 10.1. The van der Waals surface area contributed by atoms with Gasteiger partial charge in [0.1, 0.15) is 17.2 Å². The number of aliphatic hydroxyl groups excluding tert-OH is 1. The number of hydrogen-bond donors (Lipinski definition) is 3. The Bertz CT molecular complexity index is 1160. The first-order chi connectivity index (χ1) is 17.5. The van der Waals surface area contributed by atoms with Crippen LogP contribution in [0.3, 0.4) is 0 Å². The van der Waals surface area contributed by atoms with Crippen molar-refractivity contribution in [3.63, 3.8) is 0 Å². The summed E-state index contributed by atoms with van der Waals surface area (Å²) in [6.45, 7) is 2.78. The average molecular weight is 509 g/mol. The SMILES string of the molecule is CCOc1ccc(/C=C(/NC(=O)c2ccc(OCCc3ccc(Cl)cc3)cc2)C(=O)NCCO)cc1. The minimum absolute atomic E-state index is 0.0564. The van der Waals surface area contributed by atoms with E-state index in [-0.39, 0.29) is 18.8 Å². The molecule has 0 aliphatic rings. The molecule has 0 radical (unpaired) electrons. The van der Waals surface area contributed by atoms with Crippen molar-refractivity contribution in [2.45, 2.75) is 13.3 Å². The lowest BCUT2D eigenvalue weighted by molar-refractivity contribution is -0.117. The first-order valence-electron chi connectivity index (χ1n) is 11.6. The molecule has 3 aromatic carbocycles. The summed E-state index contributed by atoms with van der Waals surface area (Å²) in [5.41, 5.74) is 2.24. The van der Waals surface area contributed by atoms with Gasteiger partial charge in [0.25, 0.3) is 11.8 Å². The summed E-state index contributed by atoms with van der Waals surface area (Å²) in [4.78, 5) is 25.4. The number of nitrogens with one attached hydrogen (secondary N) is 2. The number of rotatable bonds is 12. The normalized spacial score (nSPS) is 11.0. The van der Waals surface area contributed by atoms with Gasteiger partial charge in [-0.25, -0.2) is 0 Å². The van der Waals surface area contributed by atoms with Crippen LogP contribution in [0.5, 0.6) is 11.5 Å². The van der Waals surface area contributed by atoms with Gasteiger partial charge in [-0.1, -0.05) is 35.9 Å². The van der Waals surface area contributed by atoms with Gasteiger partial charge in [-0.3, -0.25) is 9.59 Å². The van der Waals surface area contributed by atoms with Crippen molar-refractivity contribution in [2.75, 3.05) is 26.4 Å². The van der Waals surface area contributed by atoms with Gasteiger partial charge in [0.05, 0.1) is 19.8 Å². The van der Waals surface area contributed by atoms with Gasteiger partial charge in [0.15, 0.2) is 0 Å². The van der Waals surface area contributed by atoms with Gasteiger partial charge in [0.2, 0.25) is 0 Å². The van der Waals surface area contributed by atoms with Gasteiger partial charge in [0, 0.05) is 23.6 Å². The van der Waals surface area contributed by atoms with E-state index >= 15 is 0 Å². The van der Waals surface area contributed by atoms with Crippen LogP contribution in [0.25, 0.3) is 6.08 Å². The van der Waals surface area contributed by atoms with E-state index in [1.165, 1.54) is 0 Å². The second-order valence-corrected chi connectivity index (χ2v) is 8.18. The lowest BCUT2D eigenvalue weighted by Gasteiger charge is -2.12. The van der Waals surface area contributed by atoms with Crippen LogP contribution in [-0.2, 0) is 11.2 Å². The summed E-state index contributed by atoms with van der Waals surface area (Å²) in [5, 5.41) is 15.0. The van der Waals surface area contributed by atoms with E-state index in [1.54, 1.807) is 54.6 Å². The molecule has 0 heterocycles. The van der Waals surface area contributed by atoms with Crippen molar-refractivity contribution in [1.29, 1.82) is 0 Å². The van der Waals surface area contributed by atoms with Crippen molar-refractivity contribution in [3.8, 4) is 11.5 Å². The summed E-state index contributed by atoms with van der Waals surface area (Å²) in [6.07, 6.45) is 2.29. The van der Waals surface area contributed by atoms with Gasteiger partial charge in [-0.2, -0.15) is 0 Å². The number of halogens is 1. The molecule has 0 fully saturated rings. The number of ether oxygens (including phenoxy) is 2. The highest BCUT2D eigenvalue weighted by atomic mass is 35.5. The highest BCUT2D eigenvalue weighted by Crippen LogP contribution is 2.16. The fourth-order valence-corrected chi connectivity index (χ4v) is 3.38. The Morgan fingerprint density at radius 3 is 2.19 bits per heavy atom. The summed E-state index contributed by atoms with van der Waals surface area (Å²) < 4.78 is 11.2. The predicted molar refractivity (Wildman–Crippen MR) is 140 cm³/mol. The Morgan fingerprint density at radius 1 is 0.917 bits per heavy atom. The van der Waals surface area contributed by atoms with Crippen LogP contribution in [0.2, 0.25) is 5.02 Å². The predicted octanol–water partition coefficient (Wildman–Crippen LogP) is 4.24. The summed E-state index contributed by atoms with van der Waals surface area (Å²) in [5.74, 6) is 0.388. The Labute approximate surface area is 215 Å². The molecule has 2 amide bonds. The quantitative estimate of drug-likeness (QED) is 0.318. The zero-order valence-electron chi connectivity index (χ0n) is 20.0. The number of benzene rings is 3. The molecular formula is C28H29ClN2O5. The molecule has 0 aliphatic heterocycles. The first kappa shape index (κ1) is 26.8. The molecule has 188 valence electrons. The van der Waals surface area contributed by atoms with E-state index in [4.69, 9.17) is 26.2 Å². The number of carbonyl (C=O) groups is 2. The number of amides is 2. The Balaban J connectivity index is 1.63. The Kier molecular flexibility index (Phi) is 10.4. The zero-order chi connectivity index (χ0) is 25.8. The summed E-state index contributed by atoms with van der Waals surface area (Å²) >= 11 is 5.91. The molecule has 8 heteroatoms. The maximum atomic E-state index is 12.8. The molecule has 0 saturated heterocycles. The van der Waals surface area contributed by atoms with Crippen molar-refractivity contribution in [2.24, 2.45) is 0 Å². The smallest absolute Gasteiger partial charge is 0.267 e. The maximum Gasteiger partial charge on any atom is 0.267 e. The molecule has 0 aliphatic carbocycles. The van der Waals surface area contributed by atoms with E-state index in [9.17, 15) is 9.59 Å². The number of aliphatic hydroxyl groups is 1. The van der Waals surface area contributed by atoms with Crippen LogP contribution >= 0.6 is 11.6 Å². The monoisotopic (exact) mass is 508 g/mol. The molecule has 36 heavy (non-hydrogen) atoms. The molecule has 0 saturated carbocycles. The lowest BCUT2D eigenvalue weighted by Crippen LogP contribution is -2.36. The second kappa shape index (κ2) is 13.9. The van der Waals surface area contributed by atoms with E-state index in [2.05, 4.69) is 10.6 Å². The van der Waals surface area contributed by atoms with Crippen molar-refractivity contribution >= 4 is 29.5 Å². The highest BCUT2D eigenvalue weighted by Gasteiger charge is 2.15. The van der Waals surface area contributed by atoms with Crippen LogP contribution in [0.4, 0.5) is 0 Å². The molecule has 0 bridgehead atoms. The number of carbonyl (C=O) groups excluding carboxylic acids is 2. The Hall–Kier alpha value is -3.81. The maximum absolute atomic E-state index is 12.8. The van der Waals surface area contributed by atoms with Crippen molar-refractivity contribution in [3.05, 3.63) is 100 Å². The molecule has 3 N–H and O–H groups in total. The summed E-state index contributed by atoms with van der Waals surface area (Å²) in [7, 11) is 0. The molecular weight excluding hydrogens is 480 g/mol. The average Bonchev–Trinajstić information content (AvgIpc) is 2.89. The van der Waals surface area contributed by atoms with E-state index < -0.39 is 11.8 Å². The first-order valence-corrected chi connectivity index (χ1v) is 12.0. The van der Waals surface area contributed by atoms with Crippen molar-refractivity contribution in [1.82, 2.24) is 10.6 Å². The fraction of sp³-hybridized carbons (Fsp3) is 0.214. The molecule has 0 atom stereocenters. The van der Waals surface area contributed by atoms with Gasteiger partial charge >= 0.3 is 0 Å². The van der Waals surface area contributed by atoms with E-state index in [0.717, 1.165) is 12.0 Å². The molecule has 7 nitrogen and oxygen atoms in total. The second-order valence-electron chi connectivity index (χ2n) is 7.74. The molecule has 3 rings (SSSR count). The summed E-state index contributed by atoms with van der Waals surface area (Å²) in [6, 6.07) is 21.4. The van der Waals surface area contributed by atoms with Crippen LogP contribution in [0.1, 0.15) is 28.4 Å². The van der Waals surface area contributed by atoms with Crippen LogP contribution in [0, 0.1) is 0 Å². The number of hydrogen-bond acceptors (Lipinski definition) is 5. The topological polar surface area (TPSA) is 96.9 Å². The van der Waals surface area contributed by atoms with Gasteiger partial charge in [-0.05, 0) is 72.7 Å². The van der Waals surface area contributed by atoms with Crippen LogP contribution in [-0.4, -0.2) is 43.3 Å². The van der Waals surface area contributed by atoms with Crippen LogP contribution < -0.4 is 20.1 Å². The Morgan fingerprint density at radius 2 is 1.56 bits per heavy atom. The highest BCUT2D eigenvalue weighted by molar-refractivity contribution is 6.30. The van der Waals surface area contributed by atoms with Gasteiger partial charge < -0.3 is 25.2 Å². The third-order valence-corrected chi connectivity index (χ3v) is 5.33. The fourth-order valence-electron chi connectivity index (χ4n) is 3.25. The van der Waals surface area contributed by atoms with E-state index in [0.29, 0.717) is 40.9 Å². The van der Waals surface area contributed by atoms with E-state index in [1.807, 2.05) is 31.2 Å². The van der Waals surface area contributed by atoms with Crippen molar-refractivity contribution < 1.29 is 24.2 Å². The van der Waals surface area contributed by atoms with Crippen LogP contribution in [0.15, 0.2) is 78.5 Å². The third-order valence-electron chi connectivity index (χ3n) is 5.08. The molecule has 0 spiro atoms. The molecule has 0 aromatic heterocycles. The zero-order valence-corrected chi connectivity index (χ0v) is 20.8. The third kappa shape index (κ3) is 8.45. The van der Waals surface area contributed by atoms with Gasteiger partial charge in [-0.15, -0.1) is 0 Å². The standard InChI is InChI=1S/C28H29ClN2O5/c1-2-35-24-11-5-21(6-12-24)19-26(28(34)30-16-17-32)31-27(33)22-7-13-25(14-8-22)36-18-15-20-3-9-23(29)10-4-20/h3-14,19,32H,2,15-18H2,1H3,(H,30,34)(H,31,33)/b26-19+. The minimum Gasteiger partial charge on any atom is -0.494 e. The molecule has 0 unspecified atom stereocenters. The minimum atomic E-state index is -0.506. The largest absolute Gasteiger partial charge is 0.494 e.